The molecule has 1 aliphatic heterocycles. The lowest BCUT2D eigenvalue weighted by Gasteiger charge is -2.32. The third-order valence-corrected chi connectivity index (χ3v) is 3.60. The predicted molar refractivity (Wildman–Crippen MR) is 79.6 cm³/mol. The first-order chi connectivity index (χ1) is 8.63. The molecule has 2 heteroatoms. The Balaban J connectivity index is 0.00000137. The van der Waals surface area contributed by atoms with Crippen LogP contribution >= 0.6 is 0 Å². The fourth-order valence-electron chi connectivity index (χ4n) is 2.45. The fraction of sp³-hybridized carbons (Fsp3) is 0.938. The second-order valence-electron chi connectivity index (χ2n) is 5.55. The second-order valence-corrected chi connectivity index (χ2v) is 5.55. The molecule has 0 saturated carbocycles. The molecule has 0 spiro atoms. The van der Waals surface area contributed by atoms with Crippen LogP contribution in [0.1, 0.15) is 73.1 Å². The van der Waals surface area contributed by atoms with E-state index in [2.05, 4.69) is 25.7 Å². The van der Waals surface area contributed by atoms with Gasteiger partial charge in [0.05, 0.1) is 0 Å². The van der Waals surface area contributed by atoms with E-state index in [-0.39, 0.29) is 0 Å². The number of piperidine rings is 1. The minimum Gasteiger partial charge on any atom is -0.343 e. The van der Waals surface area contributed by atoms with Crippen LogP contribution in [0.15, 0.2) is 0 Å². The Bertz CT molecular complexity index is 205. The SMILES string of the molecule is CC.CCCC1CCN(C(=O)CCC(C)C)CC1. The molecule has 0 aromatic rings. The zero-order chi connectivity index (χ0) is 14.0. The molecule has 0 radical (unpaired) electrons. The van der Waals surface area contributed by atoms with Crippen LogP contribution in [0.4, 0.5) is 0 Å². The van der Waals surface area contributed by atoms with Crippen LogP contribution in [0.25, 0.3) is 0 Å². The van der Waals surface area contributed by atoms with Crippen LogP contribution in [-0.2, 0) is 4.79 Å². The minimum absolute atomic E-state index is 0.378. The number of hydrogen-bond acceptors (Lipinski definition) is 1. The maximum Gasteiger partial charge on any atom is 0.222 e. The predicted octanol–water partition coefficient (Wildman–Crippen LogP) is 4.49. The minimum atomic E-state index is 0.378. The molecule has 0 N–H and O–H groups in total. The van der Waals surface area contributed by atoms with Crippen molar-refractivity contribution >= 4 is 5.91 Å². The lowest BCUT2D eigenvalue weighted by atomic mass is 9.92. The van der Waals surface area contributed by atoms with Crippen LogP contribution in [0.2, 0.25) is 0 Å². The standard InChI is InChI=1S/C14H27NO.C2H6/c1-4-5-13-8-10-15(11-9-13)14(16)7-6-12(2)3;1-2/h12-13H,4-11H2,1-3H3;1-2H3. The monoisotopic (exact) mass is 255 g/mol. The summed E-state index contributed by atoms with van der Waals surface area (Å²) >= 11 is 0. The average molecular weight is 255 g/mol. The maximum absolute atomic E-state index is 11.9. The van der Waals surface area contributed by atoms with Crippen molar-refractivity contribution in [3.8, 4) is 0 Å². The summed E-state index contributed by atoms with van der Waals surface area (Å²) in [5.74, 6) is 1.89. The Morgan fingerprint density at radius 3 is 2.22 bits per heavy atom. The van der Waals surface area contributed by atoms with Crippen LogP contribution in [0.3, 0.4) is 0 Å². The highest BCUT2D eigenvalue weighted by molar-refractivity contribution is 5.76. The summed E-state index contributed by atoms with van der Waals surface area (Å²) in [6.07, 6.45) is 6.85. The highest BCUT2D eigenvalue weighted by Gasteiger charge is 2.21. The largest absolute Gasteiger partial charge is 0.343 e. The number of amides is 1. The molecule has 1 amide bonds. The summed E-state index contributed by atoms with van der Waals surface area (Å²) in [6, 6.07) is 0. The Hall–Kier alpha value is -0.530. The molecular formula is C16H33NO. The highest BCUT2D eigenvalue weighted by atomic mass is 16.2. The van der Waals surface area contributed by atoms with Crippen molar-refractivity contribution in [1.29, 1.82) is 0 Å². The van der Waals surface area contributed by atoms with E-state index in [9.17, 15) is 4.79 Å². The molecule has 0 aliphatic carbocycles. The Morgan fingerprint density at radius 2 is 1.78 bits per heavy atom. The molecule has 0 aromatic carbocycles. The van der Waals surface area contributed by atoms with Gasteiger partial charge in [-0.2, -0.15) is 0 Å². The first kappa shape index (κ1) is 17.5. The molecule has 0 unspecified atom stereocenters. The molecule has 0 bridgehead atoms. The molecule has 1 rings (SSSR count). The third kappa shape index (κ3) is 7.03. The number of hydrogen-bond donors (Lipinski definition) is 0. The van der Waals surface area contributed by atoms with Gasteiger partial charge in [0.2, 0.25) is 5.91 Å². The van der Waals surface area contributed by atoms with Gasteiger partial charge in [0, 0.05) is 19.5 Å². The van der Waals surface area contributed by atoms with Gasteiger partial charge in [0.25, 0.3) is 0 Å². The molecule has 1 aliphatic rings. The Labute approximate surface area is 114 Å². The Morgan fingerprint density at radius 1 is 1.22 bits per heavy atom. The lowest BCUT2D eigenvalue weighted by Crippen LogP contribution is -2.38. The topological polar surface area (TPSA) is 20.3 Å². The molecule has 1 heterocycles. The van der Waals surface area contributed by atoms with E-state index in [0.717, 1.165) is 31.8 Å². The second kappa shape index (κ2) is 10.4. The van der Waals surface area contributed by atoms with Crippen molar-refractivity contribution in [2.75, 3.05) is 13.1 Å². The average Bonchev–Trinajstić information content (AvgIpc) is 2.39. The van der Waals surface area contributed by atoms with Crippen LogP contribution in [-0.4, -0.2) is 23.9 Å². The van der Waals surface area contributed by atoms with E-state index >= 15 is 0 Å². The molecule has 18 heavy (non-hydrogen) atoms. The third-order valence-electron chi connectivity index (χ3n) is 3.60. The fourth-order valence-corrected chi connectivity index (χ4v) is 2.45. The first-order valence-electron chi connectivity index (χ1n) is 7.91. The van der Waals surface area contributed by atoms with Gasteiger partial charge in [0.15, 0.2) is 0 Å². The highest BCUT2D eigenvalue weighted by Crippen LogP contribution is 2.22. The summed E-state index contributed by atoms with van der Waals surface area (Å²) < 4.78 is 0. The van der Waals surface area contributed by atoms with E-state index in [1.165, 1.54) is 25.7 Å². The van der Waals surface area contributed by atoms with Gasteiger partial charge in [-0.3, -0.25) is 4.79 Å². The van der Waals surface area contributed by atoms with Crippen LogP contribution in [0, 0.1) is 11.8 Å². The molecule has 1 saturated heterocycles. The van der Waals surface area contributed by atoms with Crippen LogP contribution < -0.4 is 0 Å². The number of carbonyl (C=O) groups is 1. The van der Waals surface area contributed by atoms with Gasteiger partial charge in [-0.05, 0) is 31.1 Å². The zero-order valence-electron chi connectivity index (χ0n) is 13.2. The van der Waals surface area contributed by atoms with E-state index < -0.39 is 0 Å². The van der Waals surface area contributed by atoms with E-state index in [1.807, 2.05) is 13.8 Å². The number of nitrogens with zero attached hydrogens (tertiary/aromatic N) is 1. The molecule has 1 fully saturated rings. The molecular weight excluding hydrogens is 222 g/mol. The first-order valence-corrected chi connectivity index (χ1v) is 7.91. The number of carbonyl (C=O) groups excluding carboxylic acids is 1. The number of rotatable bonds is 5. The van der Waals surface area contributed by atoms with Gasteiger partial charge in [-0.15, -0.1) is 0 Å². The Kier molecular flexibility index (Phi) is 10.1. The quantitative estimate of drug-likeness (QED) is 0.709. The maximum atomic E-state index is 11.9. The van der Waals surface area contributed by atoms with Crippen molar-refractivity contribution in [3.05, 3.63) is 0 Å². The van der Waals surface area contributed by atoms with Crippen LogP contribution in [0.5, 0.6) is 0 Å². The van der Waals surface area contributed by atoms with E-state index in [4.69, 9.17) is 0 Å². The lowest BCUT2D eigenvalue weighted by molar-refractivity contribution is -0.132. The summed E-state index contributed by atoms with van der Waals surface area (Å²) in [4.78, 5) is 14.0. The smallest absolute Gasteiger partial charge is 0.222 e. The summed E-state index contributed by atoms with van der Waals surface area (Å²) in [5, 5.41) is 0. The van der Waals surface area contributed by atoms with Crippen molar-refractivity contribution in [2.45, 2.75) is 73.1 Å². The molecule has 2 nitrogen and oxygen atoms in total. The normalized spacial score (nSPS) is 16.4. The molecule has 108 valence electrons. The van der Waals surface area contributed by atoms with Crippen molar-refractivity contribution < 1.29 is 4.79 Å². The van der Waals surface area contributed by atoms with Gasteiger partial charge >= 0.3 is 0 Å². The van der Waals surface area contributed by atoms with Gasteiger partial charge < -0.3 is 4.90 Å². The van der Waals surface area contributed by atoms with Crippen molar-refractivity contribution in [2.24, 2.45) is 11.8 Å². The van der Waals surface area contributed by atoms with Crippen molar-refractivity contribution in [1.82, 2.24) is 4.90 Å². The van der Waals surface area contributed by atoms with E-state index in [0.29, 0.717) is 11.8 Å². The van der Waals surface area contributed by atoms with Gasteiger partial charge in [-0.1, -0.05) is 47.5 Å². The van der Waals surface area contributed by atoms with Gasteiger partial charge in [0.1, 0.15) is 0 Å². The summed E-state index contributed by atoms with van der Waals surface area (Å²) in [6.45, 7) is 12.6. The van der Waals surface area contributed by atoms with Gasteiger partial charge in [-0.25, -0.2) is 0 Å². The zero-order valence-corrected chi connectivity index (χ0v) is 13.2. The summed E-state index contributed by atoms with van der Waals surface area (Å²) in [7, 11) is 0. The number of likely N-dealkylation sites (tertiary alicyclic amines) is 1. The summed E-state index contributed by atoms with van der Waals surface area (Å²) in [5.41, 5.74) is 0. The molecule has 0 aromatic heterocycles. The van der Waals surface area contributed by atoms with E-state index in [1.54, 1.807) is 0 Å². The van der Waals surface area contributed by atoms with Crippen molar-refractivity contribution in [3.63, 3.8) is 0 Å². The molecule has 0 atom stereocenters.